The van der Waals surface area contributed by atoms with Gasteiger partial charge in [-0.05, 0) is 23.3 Å². The number of carbonyl (C=O) groups excluding carboxylic acids is 2. The molecule has 0 unspecified atom stereocenters. The van der Waals surface area contributed by atoms with Gasteiger partial charge in [0.15, 0.2) is 0 Å². The lowest BCUT2D eigenvalue weighted by molar-refractivity contribution is -0.387. The van der Waals surface area contributed by atoms with Crippen molar-refractivity contribution < 1.29 is 24.0 Å². The molecule has 27 heavy (non-hydrogen) atoms. The molecule has 2 aromatic rings. The zero-order valence-corrected chi connectivity index (χ0v) is 14.1. The number of carbonyl (C=O) groups is 2. The highest BCUT2D eigenvalue weighted by atomic mass is 19.1. The predicted molar refractivity (Wildman–Crippen MR) is 93.5 cm³/mol. The number of nitro benzene ring substituents is 1. The molecule has 0 atom stereocenters. The first-order chi connectivity index (χ1) is 12.8. The summed E-state index contributed by atoms with van der Waals surface area (Å²) >= 11 is 0. The number of aliphatic hydroxyl groups is 1. The second-order valence-electron chi connectivity index (χ2n) is 6.41. The van der Waals surface area contributed by atoms with Gasteiger partial charge in [-0.1, -0.05) is 24.3 Å². The van der Waals surface area contributed by atoms with Crippen LogP contribution in [-0.4, -0.2) is 34.0 Å². The van der Waals surface area contributed by atoms with Crippen molar-refractivity contribution in [3.63, 3.8) is 0 Å². The van der Waals surface area contributed by atoms with E-state index in [9.17, 15) is 29.2 Å². The van der Waals surface area contributed by atoms with Crippen molar-refractivity contribution in [3.05, 3.63) is 69.5 Å². The molecule has 0 aromatic heterocycles. The molecular formula is C18H16FN3O5. The monoisotopic (exact) mass is 373 g/mol. The van der Waals surface area contributed by atoms with Gasteiger partial charge in [0.05, 0.1) is 10.5 Å². The van der Waals surface area contributed by atoms with Crippen molar-refractivity contribution in [2.45, 2.75) is 18.4 Å². The van der Waals surface area contributed by atoms with E-state index in [1.807, 2.05) is 24.3 Å². The first-order valence-electron chi connectivity index (χ1n) is 8.10. The van der Waals surface area contributed by atoms with Crippen molar-refractivity contribution in [2.75, 3.05) is 11.9 Å². The molecule has 0 aliphatic heterocycles. The fourth-order valence-corrected chi connectivity index (χ4v) is 3.04. The first-order valence-corrected chi connectivity index (χ1v) is 8.10. The highest BCUT2D eigenvalue weighted by molar-refractivity contribution is 6.39. The summed E-state index contributed by atoms with van der Waals surface area (Å²) < 4.78 is 13.3. The zero-order valence-electron chi connectivity index (χ0n) is 14.1. The molecule has 0 bridgehead atoms. The molecule has 140 valence electrons. The van der Waals surface area contributed by atoms with Crippen molar-refractivity contribution in [1.82, 2.24) is 5.32 Å². The molecule has 3 N–H and O–H groups in total. The van der Waals surface area contributed by atoms with Crippen molar-refractivity contribution in [2.24, 2.45) is 0 Å². The Bertz CT molecular complexity index is 906. The van der Waals surface area contributed by atoms with Gasteiger partial charge in [0.2, 0.25) is 5.82 Å². The molecule has 8 nitrogen and oxygen atoms in total. The van der Waals surface area contributed by atoms with Gasteiger partial charge in [0, 0.05) is 31.1 Å². The Kier molecular flexibility index (Phi) is 4.87. The van der Waals surface area contributed by atoms with Gasteiger partial charge in [-0.2, -0.15) is 4.39 Å². The van der Waals surface area contributed by atoms with E-state index in [0.29, 0.717) is 12.8 Å². The standard InChI is InChI=1S/C18H16FN3O5/c19-14-6-5-13(7-15(14)22(26)27)21-17(24)16(23)20-10-18(25)8-11-3-1-2-4-12(11)9-18/h1-7,25H,8-10H2,(H,20,23)(H,21,24). The lowest BCUT2D eigenvalue weighted by Gasteiger charge is -2.22. The summed E-state index contributed by atoms with van der Waals surface area (Å²) in [6.07, 6.45) is 0.713. The number of hydrogen-bond acceptors (Lipinski definition) is 5. The smallest absolute Gasteiger partial charge is 0.313 e. The van der Waals surface area contributed by atoms with Crippen LogP contribution in [0.15, 0.2) is 42.5 Å². The SMILES string of the molecule is O=C(NCC1(O)Cc2ccccc2C1)C(=O)Nc1ccc(F)c([N+](=O)[O-])c1. The Balaban J connectivity index is 1.58. The number of nitro groups is 1. The van der Waals surface area contributed by atoms with Crippen LogP contribution in [0.5, 0.6) is 0 Å². The summed E-state index contributed by atoms with van der Waals surface area (Å²) in [5, 5.41) is 25.8. The topological polar surface area (TPSA) is 122 Å². The van der Waals surface area contributed by atoms with Crippen LogP contribution in [0.1, 0.15) is 11.1 Å². The quantitative estimate of drug-likeness (QED) is 0.424. The second kappa shape index (κ2) is 7.12. The van der Waals surface area contributed by atoms with Crippen LogP contribution in [-0.2, 0) is 22.4 Å². The number of halogens is 1. The molecule has 2 amide bonds. The van der Waals surface area contributed by atoms with Gasteiger partial charge < -0.3 is 15.7 Å². The highest BCUT2D eigenvalue weighted by Gasteiger charge is 2.35. The van der Waals surface area contributed by atoms with E-state index in [-0.39, 0.29) is 12.2 Å². The van der Waals surface area contributed by atoms with E-state index in [0.717, 1.165) is 29.3 Å². The van der Waals surface area contributed by atoms with E-state index in [1.54, 1.807) is 0 Å². The van der Waals surface area contributed by atoms with Crippen LogP contribution in [0.4, 0.5) is 15.8 Å². The third-order valence-electron chi connectivity index (χ3n) is 4.34. The Morgan fingerprint density at radius 2 is 1.78 bits per heavy atom. The molecule has 1 aliphatic carbocycles. The number of rotatable bonds is 4. The molecule has 0 spiro atoms. The normalized spacial score (nSPS) is 14.3. The number of anilines is 1. The maximum atomic E-state index is 13.3. The number of nitrogens with one attached hydrogen (secondary N) is 2. The molecule has 3 rings (SSSR count). The highest BCUT2D eigenvalue weighted by Crippen LogP contribution is 2.29. The predicted octanol–water partition coefficient (Wildman–Crippen LogP) is 1.32. The third kappa shape index (κ3) is 4.09. The maximum absolute atomic E-state index is 13.3. The van der Waals surface area contributed by atoms with E-state index in [2.05, 4.69) is 10.6 Å². The van der Waals surface area contributed by atoms with E-state index in [4.69, 9.17) is 0 Å². The summed E-state index contributed by atoms with van der Waals surface area (Å²) in [5.74, 6) is -3.13. The summed E-state index contributed by atoms with van der Waals surface area (Å²) in [4.78, 5) is 33.7. The van der Waals surface area contributed by atoms with Crippen LogP contribution >= 0.6 is 0 Å². The van der Waals surface area contributed by atoms with Crippen molar-refractivity contribution >= 4 is 23.2 Å². The molecule has 9 heteroatoms. The molecule has 0 saturated carbocycles. The summed E-state index contributed by atoms with van der Waals surface area (Å²) in [7, 11) is 0. The lowest BCUT2D eigenvalue weighted by Crippen LogP contribution is -2.46. The summed E-state index contributed by atoms with van der Waals surface area (Å²) in [5.41, 5.74) is -0.120. The molecule has 1 aliphatic rings. The largest absolute Gasteiger partial charge is 0.387 e. The van der Waals surface area contributed by atoms with Crippen LogP contribution in [0.2, 0.25) is 0 Å². The Morgan fingerprint density at radius 1 is 1.15 bits per heavy atom. The van der Waals surface area contributed by atoms with Gasteiger partial charge in [0.25, 0.3) is 0 Å². The van der Waals surface area contributed by atoms with Crippen LogP contribution in [0.25, 0.3) is 0 Å². The fourth-order valence-electron chi connectivity index (χ4n) is 3.04. The first kappa shape index (κ1) is 18.5. The molecule has 2 aromatic carbocycles. The molecular weight excluding hydrogens is 357 g/mol. The molecule has 0 heterocycles. The van der Waals surface area contributed by atoms with Crippen LogP contribution in [0.3, 0.4) is 0 Å². The van der Waals surface area contributed by atoms with Gasteiger partial charge in [-0.15, -0.1) is 0 Å². The maximum Gasteiger partial charge on any atom is 0.313 e. The Morgan fingerprint density at radius 3 is 2.37 bits per heavy atom. The van der Waals surface area contributed by atoms with Crippen LogP contribution in [0, 0.1) is 15.9 Å². The average Bonchev–Trinajstić information content (AvgIpc) is 2.97. The molecule has 0 saturated heterocycles. The minimum atomic E-state index is -1.19. The number of nitrogens with zero attached hydrogens (tertiary/aromatic N) is 1. The average molecular weight is 373 g/mol. The summed E-state index contributed by atoms with van der Waals surface area (Å²) in [6, 6.07) is 10.3. The number of amides is 2. The van der Waals surface area contributed by atoms with E-state index < -0.39 is 33.8 Å². The van der Waals surface area contributed by atoms with Crippen LogP contribution < -0.4 is 10.6 Å². The lowest BCUT2D eigenvalue weighted by atomic mass is 10.0. The zero-order chi connectivity index (χ0) is 19.6. The Hall–Kier alpha value is -3.33. The molecule has 0 fully saturated rings. The van der Waals surface area contributed by atoms with E-state index in [1.165, 1.54) is 0 Å². The number of benzene rings is 2. The third-order valence-corrected chi connectivity index (χ3v) is 4.34. The van der Waals surface area contributed by atoms with Gasteiger partial charge in [-0.3, -0.25) is 19.7 Å². The Labute approximate surface area is 153 Å². The van der Waals surface area contributed by atoms with Crippen molar-refractivity contribution in [3.8, 4) is 0 Å². The van der Waals surface area contributed by atoms with Gasteiger partial charge in [-0.25, -0.2) is 0 Å². The fraction of sp³-hybridized carbons (Fsp3) is 0.222. The van der Waals surface area contributed by atoms with E-state index >= 15 is 0 Å². The minimum Gasteiger partial charge on any atom is -0.387 e. The number of hydrogen-bond donors (Lipinski definition) is 3. The summed E-state index contributed by atoms with van der Waals surface area (Å²) in [6.45, 7) is -0.127. The van der Waals surface area contributed by atoms with Crippen molar-refractivity contribution in [1.29, 1.82) is 0 Å². The second-order valence-corrected chi connectivity index (χ2v) is 6.41. The van der Waals surface area contributed by atoms with Gasteiger partial charge in [0.1, 0.15) is 0 Å². The number of fused-ring (bicyclic) bond motifs is 1. The van der Waals surface area contributed by atoms with Gasteiger partial charge >= 0.3 is 17.5 Å². The molecule has 0 radical (unpaired) electrons. The minimum absolute atomic E-state index is 0.0877.